The summed E-state index contributed by atoms with van der Waals surface area (Å²) in [5.74, 6) is 0.803. The summed E-state index contributed by atoms with van der Waals surface area (Å²) in [5, 5.41) is 4.03. The predicted molar refractivity (Wildman–Crippen MR) is 88.0 cm³/mol. The highest BCUT2D eigenvalue weighted by molar-refractivity contribution is 5.79. The first-order valence-electron chi connectivity index (χ1n) is 7.50. The van der Waals surface area contributed by atoms with Gasteiger partial charge in [0.15, 0.2) is 5.65 Å². The van der Waals surface area contributed by atoms with Gasteiger partial charge in [0.2, 0.25) is 0 Å². The number of hydrogen-bond donors (Lipinski definition) is 0. The van der Waals surface area contributed by atoms with E-state index in [0.29, 0.717) is 0 Å². The fourth-order valence-electron chi connectivity index (χ4n) is 2.88. The van der Waals surface area contributed by atoms with E-state index in [-0.39, 0.29) is 0 Å². The molecule has 0 radical (unpaired) electrons. The van der Waals surface area contributed by atoms with Crippen LogP contribution in [-0.4, -0.2) is 19.7 Å². The van der Waals surface area contributed by atoms with Gasteiger partial charge in [0.25, 0.3) is 0 Å². The van der Waals surface area contributed by atoms with Gasteiger partial charge >= 0.3 is 0 Å². The molecule has 0 aliphatic heterocycles. The Morgan fingerprint density at radius 1 is 1.09 bits per heavy atom. The first kappa shape index (κ1) is 13.7. The SMILES string of the molecule is Cc1noc(C)c1-c1cnc2ncn(Cc3ccccc3)c2c1. The van der Waals surface area contributed by atoms with Gasteiger partial charge in [-0.3, -0.25) is 0 Å². The number of benzene rings is 1. The van der Waals surface area contributed by atoms with E-state index >= 15 is 0 Å². The minimum atomic E-state index is 0.747. The molecule has 0 aliphatic carbocycles. The van der Waals surface area contributed by atoms with E-state index in [1.807, 2.05) is 44.6 Å². The van der Waals surface area contributed by atoms with E-state index in [9.17, 15) is 0 Å². The van der Waals surface area contributed by atoms with E-state index in [4.69, 9.17) is 4.52 Å². The zero-order valence-electron chi connectivity index (χ0n) is 13.0. The van der Waals surface area contributed by atoms with Crippen molar-refractivity contribution in [2.24, 2.45) is 0 Å². The second-order valence-corrected chi connectivity index (χ2v) is 5.62. The van der Waals surface area contributed by atoms with Crippen LogP contribution in [0.1, 0.15) is 17.0 Å². The summed E-state index contributed by atoms with van der Waals surface area (Å²) in [7, 11) is 0. The number of aryl methyl sites for hydroxylation is 2. The van der Waals surface area contributed by atoms with Crippen molar-refractivity contribution < 1.29 is 4.52 Å². The van der Waals surface area contributed by atoms with Crippen molar-refractivity contribution in [3.05, 3.63) is 65.9 Å². The van der Waals surface area contributed by atoms with Crippen molar-refractivity contribution in [3.63, 3.8) is 0 Å². The Balaban J connectivity index is 1.80. The summed E-state index contributed by atoms with van der Waals surface area (Å²) >= 11 is 0. The van der Waals surface area contributed by atoms with Gasteiger partial charge in [-0.2, -0.15) is 0 Å². The van der Waals surface area contributed by atoms with Gasteiger partial charge < -0.3 is 9.09 Å². The molecule has 0 bridgehead atoms. The van der Waals surface area contributed by atoms with Crippen LogP contribution in [-0.2, 0) is 6.54 Å². The van der Waals surface area contributed by atoms with Gasteiger partial charge in [-0.25, -0.2) is 9.97 Å². The molecule has 23 heavy (non-hydrogen) atoms. The van der Waals surface area contributed by atoms with Crippen LogP contribution in [0, 0.1) is 13.8 Å². The van der Waals surface area contributed by atoms with Gasteiger partial charge in [-0.05, 0) is 25.5 Å². The van der Waals surface area contributed by atoms with Crippen LogP contribution in [0.4, 0.5) is 0 Å². The van der Waals surface area contributed by atoms with Crippen molar-refractivity contribution >= 4 is 11.2 Å². The Morgan fingerprint density at radius 3 is 2.65 bits per heavy atom. The monoisotopic (exact) mass is 304 g/mol. The van der Waals surface area contributed by atoms with Crippen LogP contribution in [0.3, 0.4) is 0 Å². The van der Waals surface area contributed by atoms with Crippen LogP contribution in [0.15, 0.2) is 53.4 Å². The number of rotatable bonds is 3. The molecule has 5 heteroatoms. The average Bonchev–Trinajstić information content (AvgIpc) is 3.12. The minimum Gasteiger partial charge on any atom is -0.361 e. The second kappa shape index (κ2) is 5.35. The van der Waals surface area contributed by atoms with Crippen LogP contribution in [0.25, 0.3) is 22.3 Å². The third-order valence-electron chi connectivity index (χ3n) is 3.99. The maximum Gasteiger partial charge on any atom is 0.177 e. The summed E-state index contributed by atoms with van der Waals surface area (Å²) in [4.78, 5) is 8.88. The van der Waals surface area contributed by atoms with Crippen molar-refractivity contribution in [2.45, 2.75) is 20.4 Å². The molecule has 3 aromatic heterocycles. The van der Waals surface area contributed by atoms with E-state index in [1.165, 1.54) is 5.56 Å². The molecule has 4 rings (SSSR count). The minimum absolute atomic E-state index is 0.747. The Labute approximate surface area is 133 Å². The molecule has 0 amide bonds. The van der Waals surface area contributed by atoms with Crippen LogP contribution >= 0.6 is 0 Å². The van der Waals surface area contributed by atoms with Gasteiger partial charge in [-0.15, -0.1) is 0 Å². The molecule has 0 fully saturated rings. The van der Waals surface area contributed by atoms with Crippen molar-refractivity contribution in [1.82, 2.24) is 19.7 Å². The number of pyridine rings is 1. The van der Waals surface area contributed by atoms with Gasteiger partial charge in [0.1, 0.15) is 5.76 Å². The molecule has 0 atom stereocenters. The lowest BCUT2D eigenvalue weighted by Crippen LogP contribution is -1.98. The highest BCUT2D eigenvalue weighted by Gasteiger charge is 2.14. The number of hydrogen-bond acceptors (Lipinski definition) is 4. The molecule has 1 aromatic carbocycles. The lowest BCUT2D eigenvalue weighted by molar-refractivity contribution is 0.393. The third-order valence-corrected chi connectivity index (χ3v) is 3.99. The van der Waals surface area contributed by atoms with E-state index in [2.05, 4.69) is 37.9 Å². The van der Waals surface area contributed by atoms with Crippen molar-refractivity contribution in [1.29, 1.82) is 0 Å². The van der Waals surface area contributed by atoms with Crippen LogP contribution < -0.4 is 0 Å². The summed E-state index contributed by atoms with van der Waals surface area (Å²) in [5.41, 5.74) is 5.87. The van der Waals surface area contributed by atoms with Crippen molar-refractivity contribution in [2.75, 3.05) is 0 Å². The fourth-order valence-corrected chi connectivity index (χ4v) is 2.88. The predicted octanol–water partition coefficient (Wildman–Crippen LogP) is 3.75. The topological polar surface area (TPSA) is 56.7 Å². The molecule has 5 nitrogen and oxygen atoms in total. The maximum atomic E-state index is 5.27. The summed E-state index contributed by atoms with van der Waals surface area (Å²) < 4.78 is 7.38. The molecular weight excluding hydrogens is 288 g/mol. The van der Waals surface area contributed by atoms with E-state index in [1.54, 1.807) is 0 Å². The number of nitrogens with zero attached hydrogens (tertiary/aromatic N) is 4. The molecule has 114 valence electrons. The molecule has 4 aromatic rings. The second-order valence-electron chi connectivity index (χ2n) is 5.62. The zero-order chi connectivity index (χ0) is 15.8. The highest BCUT2D eigenvalue weighted by atomic mass is 16.5. The molecule has 0 N–H and O–H groups in total. The number of aromatic nitrogens is 4. The number of imidazole rings is 1. The fraction of sp³-hybridized carbons (Fsp3) is 0.167. The molecule has 0 saturated carbocycles. The number of fused-ring (bicyclic) bond motifs is 1. The Kier molecular flexibility index (Phi) is 3.19. The van der Waals surface area contributed by atoms with Gasteiger partial charge in [0, 0.05) is 23.9 Å². The normalized spacial score (nSPS) is 11.2. The standard InChI is InChI=1S/C18H16N4O/c1-12-17(13(2)23-21-12)15-8-16-18(19-9-15)20-11-22(16)10-14-6-4-3-5-7-14/h3-9,11H,10H2,1-2H3. The molecule has 3 heterocycles. The largest absolute Gasteiger partial charge is 0.361 e. The van der Waals surface area contributed by atoms with Crippen LogP contribution in [0.5, 0.6) is 0 Å². The van der Waals surface area contributed by atoms with E-state index in [0.717, 1.165) is 40.3 Å². The van der Waals surface area contributed by atoms with E-state index < -0.39 is 0 Å². The first-order valence-corrected chi connectivity index (χ1v) is 7.50. The smallest absolute Gasteiger partial charge is 0.177 e. The molecule has 0 aliphatic rings. The molecule has 0 spiro atoms. The van der Waals surface area contributed by atoms with Crippen LogP contribution in [0.2, 0.25) is 0 Å². The summed E-state index contributed by atoms with van der Waals surface area (Å²) in [6, 6.07) is 12.4. The molecular formula is C18H16N4O. The summed E-state index contributed by atoms with van der Waals surface area (Å²) in [6.45, 7) is 4.63. The summed E-state index contributed by atoms with van der Waals surface area (Å²) in [6.07, 6.45) is 3.66. The Morgan fingerprint density at radius 2 is 1.91 bits per heavy atom. The molecule has 0 saturated heterocycles. The average molecular weight is 304 g/mol. The highest BCUT2D eigenvalue weighted by Crippen LogP contribution is 2.28. The lowest BCUT2D eigenvalue weighted by Gasteiger charge is -2.06. The molecule has 0 unspecified atom stereocenters. The quantitative estimate of drug-likeness (QED) is 0.578. The zero-order valence-corrected chi connectivity index (χ0v) is 13.0. The third kappa shape index (κ3) is 2.40. The Bertz CT molecular complexity index is 950. The van der Waals surface area contributed by atoms with Gasteiger partial charge in [0.05, 0.1) is 17.5 Å². The maximum absolute atomic E-state index is 5.27. The Hall–Kier alpha value is -2.95. The lowest BCUT2D eigenvalue weighted by atomic mass is 10.1. The van der Waals surface area contributed by atoms with Gasteiger partial charge in [-0.1, -0.05) is 35.5 Å². The first-order chi connectivity index (χ1) is 11.2. The van der Waals surface area contributed by atoms with Crippen molar-refractivity contribution in [3.8, 4) is 11.1 Å².